The molecule has 4 nitrogen and oxygen atoms in total. The Morgan fingerprint density at radius 1 is 1.31 bits per heavy atom. The average Bonchev–Trinajstić information content (AvgIpc) is 2.70. The van der Waals surface area contributed by atoms with Crippen molar-refractivity contribution in [1.82, 2.24) is 10.0 Å². The number of halogens is 1. The monoisotopic (exact) mass is 260 g/mol. The zero-order valence-electron chi connectivity index (χ0n) is 8.61. The highest BCUT2D eigenvalue weighted by atomic mass is 35.5. The fourth-order valence-electron chi connectivity index (χ4n) is 1.66. The van der Waals surface area contributed by atoms with Crippen molar-refractivity contribution in [2.45, 2.75) is 17.4 Å². The number of hydrogen-bond donors (Lipinski definition) is 2. The first-order valence-corrected chi connectivity index (χ1v) is 6.93. The molecule has 1 atom stereocenters. The highest BCUT2D eigenvalue weighted by Gasteiger charge is 2.22. The number of nitrogens with one attached hydrogen (secondary N) is 2. The molecule has 2 rings (SSSR count). The predicted octanol–water partition coefficient (Wildman–Crippen LogP) is 0.980. The summed E-state index contributed by atoms with van der Waals surface area (Å²) in [4.78, 5) is 0.254. The van der Waals surface area contributed by atoms with Crippen LogP contribution >= 0.6 is 11.6 Å². The Hall–Kier alpha value is -0.620. The van der Waals surface area contributed by atoms with E-state index in [0.717, 1.165) is 13.0 Å². The summed E-state index contributed by atoms with van der Waals surface area (Å²) in [5, 5.41) is 3.64. The van der Waals surface area contributed by atoms with Gasteiger partial charge >= 0.3 is 0 Å². The van der Waals surface area contributed by atoms with Gasteiger partial charge in [-0.2, -0.15) is 0 Å². The van der Waals surface area contributed by atoms with E-state index in [1.807, 2.05) is 0 Å². The first kappa shape index (κ1) is 11.9. The maximum atomic E-state index is 11.9. The smallest absolute Gasteiger partial charge is 0.240 e. The summed E-state index contributed by atoms with van der Waals surface area (Å²) in [5.41, 5.74) is 0. The summed E-state index contributed by atoms with van der Waals surface area (Å²) < 4.78 is 26.5. The van der Waals surface area contributed by atoms with E-state index in [0.29, 0.717) is 11.6 Å². The van der Waals surface area contributed by atoms with Crippen LogP contribution in [-0.4, -0.2) is 27.5 Å². The van der Waals surface area contributed by atoms with Crippen LogP contribution in [0.15, 0.2) is 29.2 Å². The standard InChI is InChI=1S/C10H13ClN2O2S/c11-8-1-3-10(4-2-8)16(14,15)13-9-5-6-12-7-9/h1-4,9,12-13H,5-7H2. The molecule has 0 amide bonds. The van der Waals surface area contributed by atoms with Crippen molar-refractivity contribution in [2.24, 2.45) is 0 Å². The summed E-state index contributed by atoms with van der Waals surface area (Å²) in [5.74, 6) is 0. The fraction of sp³-hybridized carbons (Fsp3) is 0.400. The van der Waals surface area contributed by atoms with E-state index in [1.165, 1.54) is 12.1 Å². The first-order chi connectivity index (χ1) is 7.58. The van der Waals surface area contributed by atoms with Crippen LogP contribution in [0.25, 0.3) is 0 Å². The van der Waals surface area contributed by atoms with Crippen LogP contribution in [0.4, 0.5) is 0 Å². The normalized spacial score (nSPS) is 21.2. The molecular weight excluding hydrogens is 248 g/mol. The number of hydrogen-bond acceptors (Lipinski definition) is 3. The Labute approximate surface area is 100 Å². The molecule has 2 N–H and O–H groups in total. The first-order valence-electron chi connectivity index (χ1n) is 5.06. The molecule has 1 fully saturated rings. The molecule has 0 spiro atoms. The Balaban J connectivity index is 2.14. The molecular formula is C10H13ClN2O2S. The van der Waals surface area contributed by atoms with Gasteiger partial charge in [0.2, 0.25) is 10.0 Å². The topological polar surface area (TPSA) is 58.2 Å². The molecule has 0 bridgehead atoms. The van der Waals surface area contributed by atoms with Crippen molar-refractivity contribution in [3.8, 4) is 0 Å². The zero-order valence-corrected chi connectivity index (χ0v) is 10.2. The van der Waals surface area contributed by atoms with Crippen LogP contribution in [0, 0.1) is 0 Å². The minimum absolute atomic E-state index is 0.0133. The predicted molar refractivity (Wildman–Crippen MR) is 63.0 cm³/mol. The van der Waals surface area contributed by atoms with Crippen molar-refractivity contribution < 1.29 is 8.42 Å². The van der Waals surface area contributed by atoms with E-state index in [2.05, 4.69) is 10.0 Å². The van der Waals surface area contributed by atoms with Crippen molar-refractivity contribution in [3.63, 3.8) is 0 Å². The lowest BCUT2D eigenvalue weighted by Gasteiger charge is -2.11. The second-order valence-electron chi connectivity index (χ2n) is 3.76. The quantitative estimate of drug-likeness (QED) is 0.852. The minimum Gasteiger partial charge on any atom is -0.315 e. The van der Waals surface area contributed by atoms with Crippen molar-refractivity contribution in [1.29, 1.82) is 0 Å². The summed E-state index contributed by atoms with van der Waals surface area (Å²) in [6, 6.07) is 6.15. The molecule has 0 aliphatic carbocycles. The van der Waals surface area contributed by atoms with Crippen molar-refractivity contribution >= 4 is 21.6 Å². The van der Waals surface area contributed by atoms with Crippen LogP contribution in [0.1, 0.15) is 6.42 Å². The van der Waals surface area contributed by atoms with E-state index in [-0.39, 0.29) is 10.9 Å². The molecule has 16 heavy (non-hydrogen) atoms. The van der Waals surface area contributed by atoms with Gasteiger partial charge in [0.25, 0.3) is 0 Å². The molecule has 1 aromatic carbocycles. The molecule has 1 unspecified atom stereocenters. The summed E-state index contributed by atoms with van der Waals surface area (Å²) in [6.07, 6.45) is 0.826. The molecule has 0 saturated carbocycles. The fourth-order valence-corrected chi connectivity index (χ4v) is 3.05. The van der Waals surface area contributed by atoms with Crippen LogP contribution in [-0.2, 0) is 10.0 Å². The van der Waals surface area contributed by atoms with E-state index in [4.69, 9.17) is 11.6 Å². The van der Waals surface area contributed by atoms with Gasteiger partial charge < -0.3 is 5.32 Å². The third-order valence-electron chi connectivity index (χ3n) is 2.51. The number of sulfonamides is 1. The Kier molecular flexibility index (Phi) is 3.49. The lowest BCUT2D eigenvalue weighted by Crippen LogP contribution is -2.36. The van der Waals surface area contributed by atoms with Gasteiger partial charge in [-0.05, 0) is 37.2 Å². The van der Waals surface area contributed by atoms with E-state index >= 15 is 0 Å². The van der Waals surface area contributed by atoms with E-state index < -0.39 is 10.0 Å². The Morgan fingerprint density at radius 2 is 2.00 bits per heavy atom. The second-order valence-corrected chi connectivity index (χ2v) is 5.92. The molecule has 1 saturated heterocycles. The lowest BCUT2D eigenvalue weighted by atomic mass is 10.3. The van der Waals surface area contributed by atoms with Gasteiger partial charge in [0.1, 0.15) is 0 Å². The second kappa shape index (κ2) is 4.71. The van der Waals surface area contributed by atoms with Gasteiger partial charge in [-0.3, -0.25) is 0 Å². The van der Waals surface area contributed by atoms with Crippen LogP contribution in [0.5, 0.6) is 0 Å². The molecule has 0 radical (unpaired) electrons. The van der Waals surface area contributed by atoms with Crippen molar-refractivity contribution in [2.75, 3.05) is 13.1 Å². The van der Waals surface area contributed by atoms with Crippen LogP contribution < -0.4 is 10.0 Å². The molecule has 1 heterocycles. The lowest BCUT2D eigenvalue weighted by molar-refractivity contribution is 0.560. The molecule has 0 aromatic heterocycles. The Bertz CT molecular complexity index is 452. The zero-order chi connectivity index (χ0) is 11.6. The van der Waals surface area contributed by atoms with Gasteiger partial charge in [0, 0.05) is 17.6 Å². The molecule has 6 heteroatoms. The van der Waals surface area contributed by atoms with Gasteiger partial charge in [-0.1, -0.05) is 11.6 Å². The molecule has 1 aliphatic rings. The van der Waals surface area contributed by atoms with E-state index in [9.17, 15) is 8.42 Å². The maximum Gasteiger partial charge on any atom is 0.240 e. The Morgan fingerprint density at radius 3 is 2.56 bits per heavy atom. The van der Waals surface area contributed by atoms with Gasteiger partial charge in [-0.15, -0.1) is 0 Å². The van der Waals surface area contributed by atoms with Crippen molar-refractivity contribution in [3.05, 3.63) is 29.3 Å². The largest absolute Gasteiger partial charge is 0.315 e. The van der Waals surface area contributed by atoms with Gasteiger partial charge in [-0.25, -0.2) is 13.1 Å². The average molecular weight is 261 g/mol. The minimum atomic E-state index is -3.41. The summed E-state index contributed by atoms with van der Waals surface area (Å²) in [7, 11) is -3.41. The maximum absolute atomic E-state index is 11.9. The number of rotatable bonds is 3. The van der Waals surface area contributed by atoms with Crippen LogP contribution in [0.2, 0.25) is 5.02 Å². The van der Waals surface area contributed by atoms with E-state index in [1.54, 1.807) is 12.1 Å². The molecule has 1 aromatic rings. The molecule has 88 valence electrons. The third kappa shape index (κ3) is 2.74. The highest BCUT2D eigenvalue weighted by Crippen LogP contribution is 2.14. The van der Waals surface area contributed by atoms with Crippen LogP contribution in [0.3, 0.4) is 0 Å². The summed E-state index contributed by atoms with van der Waals surface area (Å²) >= 11 is 5.71. The third-order valence-corrected chi connectivity index (χ3v) is 4.29. The van der Waals surface area contributed by atoms with Gasteiger partial charge in [0.05, 0.1) is 4.90 Å². The van der Waals surface area contributed by atoms with Gasteiger partial charge in [0.15, 0.2) is 0 Å². The number of benzene rings is 1. The molecule has 1 aliphatic heterocycles. The SMILES string of the molecule is O=S(=O)(NC1CCNC1)c1ccc(Cl)cc1. The highest BCUT2D eigenvalue weighted by molar-refractivity contribution is 7.89. The summed E-state index contributed by atoms with van der Waals surface area (Å²) in [6.45, 7) is 1.54.